The number of nitrogens with zero attached hydrogens (tertiary/aromatic N) is 7. The van der Waals surface area contributed by atoms with Crippen molar-refractivity contribution in [3.05, 3.63) is 71.7 Å². The fourth-order valence-corrected chi connectivity index (χ4v) is 8.82. The van der Waals surface area contributed by atoms with Gasteiger partial charge in [-0.1, -0.05) is 0 Å². The Balaban J connectivity index is 1.13. The monoisotopic (exact) mass is 683 g/mol. The van der Waals surface area contributed by atoms with Crippen LogP contribution in [-0.2, 0) is 13.1 Å². The summed E-state index contributed by atoms with van der Waals surface area (Å²) < 4.78 is 10.7. The molecule has 9 rings (SSSR count). The lowest BCUT2D eigenvalue weighted by molar-refractivity contribution is 0.0690. The minimum absolute atomic E-state index is 0.0197. The molecule has 4 N–H and O–H groups in total. The van der Waals surface area contributed by atoms with E-state index in [1.54, 1.807) is 25.4 Å². The number of benzene rings is 1. The van der Waals surface area contributed by atoms with Crippen LogP contribution in [0.25, 0.3) is 33.6 Å². The number of piperidine rings is 2. The molecule has 6 heterocycles. The second kappa shape index (κ2) is 12.2. The number of aromatic nitrogens is 5. The average Bonchev–Trinajstić information content (AvgIpc) is 3.60. The van der Waals surface area contributed by atoms with Gasteiger partial charge in [-0.25, -0.2) is 9.97 Å². The van der Waals surface area contributed by atoms with Gasteiger partial charge in [-0.15, -0.1) is 0 Å². The first kappa shape index (κ1) is 32.2. The Bertz CT molecular complexity index is 2180. The average molecular weight is 684 g/mol. The van der Waals surface area contributed by atoms with Gasteiger partial charge in [0, 0.05) is 79.2 Å². The van der Waals surface area contributed by atoms with Crippen molar-refractivity contribution in [2.75, 3.05) is 26.7 Å². The Morgan fingerprint density at radius 2 is 1.80 bits per heavy atom. The van der Waals surface area contributed by atoms with Crippen molar-refractivity contribution in [3.8, 4) is 17.3 Å². The highest BCUT2D eigenvalue weighted by Gasteiger charge is 2.54. The van der Waals surface area contributed by atoms with Gasteiger partial charge >= 0.3 is 0 Å². The Morgan fingerprint density at radius 3 is 2.51 bits per heavy atom. The maximum Gasteiger partial charge on any atom is 0.254 e. The van der Waals surface area contributed by atoms with Crippen LogP contribution in [0.3, 0.4) is 0 Å². The first-order chi connectivity index (χ1) is 24.7. The predicted molar refractivity (Wildman–Crippen MR) is 194 cm³/mol. The summed E-state index contributed by atoms with van der Waals surface area (Å²) in [5, 5.41) is 1.06. The van der Waals surface area contributed by atoms with Gasteiger partial charge in [0.05, 0.1) is 31.9 Å². The summed E-state index contributed by atoms with van der Waals surface area (Å²) in [6.45, 7) is 2.84. The van der Waals surface area contributed by atoms with E-state index in [1.807, 2.05) is 34.2 Å². The highest BCUT2D eigenvalue weighted by molar-refractivity contribution is 6.17. The molecule has 2 radical (unpaired) electrons. The number of ether oxygens (including phenoxy) is 1. The lowest BCUT2D eigenvalue weighted by Crippen LogP contribution is -2.52. The molecule has 12 nitrogen and oxygen atoms in total. The number of pyridine rings is 2. The van der Waals surface area contributed by atoms with E-state index in [9.17, 15) is 9.59 Å². The molecule has 3 atom stereocenters. The summed E-state index contributed by atoms with van der Waals surface area (Å²) in [4.78, 5) is 45.8. The molecule has 1 aromatic carbocycles. The molecule has 2 bridgehead atoms. The van der Waals surface area contributed by atoms with Gasteiger partial charge in [0.1, 0.15) is 16.9 Å². The molecule has 2 aliphatic carbocycles. The molecule has 5 aromatic rings. The Kier molecular flexibility index (Phi) is 7.69. The highest BCUT2D eigenvalue weighted by atomic mass is 16.5. The summed E-state index contributed by atoms with van der Waals surface area (Å²) in [5.74, 6) is 1.95. The third-order valence-electron chi connectivity index (χ3n) is 11.8. The zero-order valence-electron chi connectivity index (χ0n) is 28.9. The van der Waals surface area contributed by atoms with Crippen LogP contribution in [0.4, 0.5) is 0 Å². The summed E-state index contributed by atoms with van der Waals surface area (Å²) in [6.07, 6.45) is 9.05. The normalized spacial score (nSPS) is 23.5. The fraction of sp³-hybridized carbons (Fsp3) is 0.447. The molecular formula is C38H42BN9O3. The van der Waals surface area contributed by atoms with Gasteiger partial charge in [0.15, 0.2) is 5.82 Å². The molecule has 260 valence electrons. The molecule has 4 fully saturated rings. The van der Waals surface area contributed by atoms with Crippen molar-refractivity contribution in [1.82, 2.24) is 33.9 Å². The van der Waals surface area contributed by atoms with Crippen LogP contribution in [0.5, 0.6) is 5.75 Å². The van der Waals surface area contributed by atoms with Crippen LogP contribution in [0.15, 0.2) is 54.9 Å². The summed E-state index contributed by atoms with van der Waals surface area (Å²) in [7, 11) is 8.15. The SMILES string of the molecule is [B]C1(N)C2CCC1N(C(=O)c1cc(OC)c3c(c1)nc(-c1cc4cccnc4n1CC1CC1)n3C1CCN(C(=O)c3ccnc(CN)c3)CC1)C2. The number of carbonyl (C=O) groups excluding carboxylic acids is 2. The first-order valence-corrected chi connectivity index (χ1v) is 18.1. The second-order valence-electron chi connectivity index (χ2n) is 14.9. The van der Waals surface area contributed by atoms with Crippen molar-refractivity contribution < 1.29 is 14.3 Å². The van der Waals surface area contributed by atoms with Crippen LogP contribution in [0.2, 0.25) is 0 Å². The Labute approximate surface area is 297 Å². The standard InChI is InChI=1S/C38H42BN9O3/c1-51-31-18-25(37(50)47-21-26-6-7-32(47)38(26,39)41)16-29-33(31)48(28-9-13-45(14-10-28)36(49)24-8-12-42-27(15-24)19-40)35(44-29)30-17-23-3-2-11-43-34(23)46(30)20-22-4-5-22/h2-3,8,11-12,15-18,22,26,28,32H,4-7,9-10,13-14,19-21,40-41H2,1H3. The fourth-order valence-electron chi connectivity index (χ4n) is 8.82. The van der Waals surface area contributed by atoms with Crippen LogP contribution >= 0.6 is 0 Å². The number of fused-ring (bicyclic) bond motifs is 4. The second-order valence-corrected chi connectivity index (χ2v) is 14.9. The zero-order chi connectivity index (χ0) is 35.0. The molecule has 51 heavy (non-hydrogen) atoms. The number of methoxy groups -OCH3 is 1. The van der Waals surface area contributed by atoms with E-state index in [4.69, 9.17) is 34.0 Å². The number of likely N-dealkylation sites (tertiary alicyclic amines) is 2. The van der Waals surface area contributed by atoms with E-state index in [0.717, 1.165) is 60.3 Å². The summed E-state index contributed by atoms with van der Waals surface area (Å²) in [6, 6.07) is 13.3. The number of nitrogens with two attached hydrogens (primary N) is 2. The Morgan fingerprint density at radius 1 is 0.980 bits per heavy atom. The third-order valence-corrected chi connectivity index (χ3v) is 11.8. The number of rotatable bonds is 8. The molecular weight excluding hydrogens is 641 g/mol. The molecule has 0 spiro atoms. The van der Waals surface area contributed by atoms with E-state index >= 15 is 0 Å². The third kappa shape index (κ3) is 5.31. The van der Waals surface area contributed by atoms with E-state index in [-0.39, 0.29) is 36.4 Å². The minimum atomic E-state index is -0.873. The number of imidazole rings is 1. The molecule has 3 unspecified atom stereocenters. The highest BCUT2D eigenvalue weighted by Crippen LogP contribution is 2.45. The van der Waals surface area contributed by atoms with Crippen LogP contribution in [-0.4, -0.2) is 91.8 Å². The van der Waals surface area contributed by atoms with E-state index in [2.05, 4.69) is 26.3 Å². The van der Waals surface area contributed by atoms with E-state index in [0.29, 0.717) is 53.6 Å². The topological polar surface area (TPSA) is 150 Å². The first-order valence-electron chi connectivity index (χ1n) is 18.1. The quantitative estimate of drug-likeness (QED) is 0.234. The van der Waals surface area contributed by atoms with Crippen LogP contribution < -0.4 is 16.2 Å². The van der Waals surface area contributed by atoms with Gasteiger partial charge in [-0.2, -0.15) is 0 Å². The number of hydrogen-bond acceptors (Lipinski definition) is 8. The Hall–Kier alpha value is -4.75. The maximum absolute atomic E-state index is 14.1. The number of hydrogen-bond donors (Lipinski definition) is 2. The minimum Gasteiger partial charge on any atom is -0.494 e. The van der Waals surface area contributed by atoms with Crippen LogP contribution in [0.1, 0.15) is 71.0 Å². The number of carbonyl (C=O) groups is 2. The van der Waals surface area contributed by atoms with E-state index in [1.165, 1.54) is 12.8 Å². The van der Waals surface area contributed by atoms with Crippen molar-refractivity contribution in [2.45, 2.75) is 69.1 Å². The molecule has 2 aliphatic heterocycles. The maximum atomic E-state index is 14.1. The lowest BCUT2D eigenvalue weighted by Gasteiger charge is -2.34. The molecule has 2 saturated carbocycles. The van der Waals surface area contributed by atoms with Gasteiger partial charge in [-0.05, 0) is 92.8 Å². The lowest BCUT2D eigenvalue weighted by atomic mass is 9.71. The van der Waals surface area contributed by atoms with Gasteiger partial charge in [0.25, 0.3) is 11.8 Å². The molecule has 13 heteroatoms. The molecule has 2 amide bonds. The van der Waals surface area contributed by atoms with Gasteiger partial charge < -0.3 is 35.1 Å². The summed E-state index contributed by atoms with van der Waals surface area (Å²) in [5.41, 5.74) is 16.7. The van der Waals surface area contributed by atoms with Crippen LogP contribution in [0, 0.1) is 11.8 Å². The molecule has 2 saturated heterocycles. The largest absolute Gasteiger partial charge is 0.494 e. The smallest absolute Gasteiger partial charge is 0.254 e. The summed E-state index contributed by atoms with van der Waals surface area (Å²) >= 11 is 0. The number of amides is 2. The predicted octanol–water partition coefficient (Wildman–Crippen LogP) is 3.86. The van der Waals surface area contributed by atoms with Crippen molar-refractivity contribution >= 4 is 41.7 Å². The van der Waals surface area contributed by atoms with E-state index < -0.39 is 5.44 Å². The van der Waals surface area contributed by atoms with Gasteiger partial charge in [0.2, 0.25) is 0 Å². The van der Waals surface area contributed by atoms with Crippen molar-refractivity contribution in [3.63, 3.8) is 0 Å². The van der Waals surface area contributed by atoms with Crippen molar-refractivity contribution in [2.24, 2.45) is 23.3 Å². The molecule has 4 aromatic heterocycles. The molecule has 4 aliphatic rings. The zero-order valence-corrected chi connectivity index (χ0v) is 28.9. The van der Waals surface area contributed by atoms with Gasteiger partial charge in [-0.3, -0.25) is 14.6 Å². The van der Waals surface area contributed by atoms with Crippen molar-refractivity contribution in [1.29, 1.82) is 0 Å².